The van der Waals surface area contributed by atoms with Crippen LogP contribution in [0.15, 0.2) is 53.6 Å². The first-order chi connectivity index (χ1) is 18.0. The maximum Gasteiger partial charge on any atom is 0.410 e. The van der Waals surface area contributed by atoms with E-state index in [1.165, 1.54) is 22.8 Å². The van der Waals surface area contributed by atoms with Crippen LogP contribution in [-0.2, 0) is 31.4 Å². The summed E-state index contributed by atoms with van der Waals surface area (Å²) in [7, 11) is 1.96. The SMILES string of the molecule is CC1Cc2c(c3ccc(-n4ccc(OCc5ccc(F)cn5)cc4=O)nc3n2C)CN1C(=O)OC(C)(C)C. The van der Waals surface area contributed by atoms with Gasteiger partial charge in [-0.2, -0.15) is 0 Å². The molecule has 0 N–H and O–H groups in total. The van der Waals surface area contributed by atoms with Gasteiger partial charge in [0, 0.05) is 48.4 Å². The van der Waals surface area contributed by atoms with Gasteiger partial charge in [0.05, 0.1) is 18.4 Å². The largest absolute Gasteiger partial charge is 0.487 e. The molecule has 10 heteroatoms. The van der Waals surface area contributed by atoms with Crippen molar-refractivity contribution in [1.82, 2.24) is 24.0 Å². The maximum atomic E-state index is 13.0. The van der Waals surface area contributed by atoms with Gasteiger partial charge in [0.15, 0.2) is 0 Å². The Morgan fingerprint density at radius 3 is 2.66 bits per heavy atom. The molecule has 1 atom stereocenters. The molecule has 198 valence electrons. The molecule has 0 saturated carbocycles. The zero-order valence-corrected chi connectivity index (χ0v) is 22.1. The Balaban J connectivity index is 1.40. The minimum atomic E-state index is -0.571. The highest BCUT2D eigenvalue weighted by molar-refractivity contribution is 5.84. The molecule has 4 aromatic heterocycles. The van der Waals surface area contributed by atoms with Crippen molar-refractivity contribution in [3.05, 3.63) is 81.9 Å². The van der Waals surface area contributed by atoms with Gasteiger partial charge in [0.1, 0.15) is 35.2 Å². The van der Waals surface area contributed by atoms with Crippen LogP contribution in [0.25, 0.3) is 16.9 Å². The number of carbonyl (C=O) groups is 1. The first kappa shape index (κ1) is 25.4. The molecule has 0 radical (unpaired) electrons. The van der Waals surface area contributed by atoms with Crippen LogP contribution >= 0.6 is 0 Å². The molecule has 1 aliphatic rings. The number of halogens is 1. The molecule has 38 heavy (non-hydrogen) atoms. The van der Waals surface area contributed by atoms with Crippen LogP contribution in [0.2, 0.25) is 0 Å². The van der Waals surface area contributed by atoms with E-state index >= 15 is 0 Å². The summed E-state index contributed by atoms with van der Waals surface area (Å²) >= 11 is 0. The minimum absolute atomic E-state index is 0.0277. The van der Waals surface area contributed by atoms with Crippen molar-refractivity contribution in [3.8, 4) is 11.6 Å². The van der Waals surface area contributed by atoms with E-state index in [0.29, 0.717) is 30.2 Å². The zero-order valence-electron chi connectivity index (χ0n) is 22.1. The van der Waals surface area contributed by atoms with E-state index in [9.17, 15) is 14.0 Å². The third-order valence-electron chi connectivity index (χ3n) is 6.55. The number of carbonyl (C=O) groups excluding carboxylic acids is 1. The average Bonchev–Trinajstić information content (AvgIpc) is 3.12. The van der Waals surface area contributed by atoms with Gasteiger partial charge in [-0.05, 0) is 58.0 Å². The molecule has 0 spiro atoms. The Kier molecular flexibility index (Phi) is 6.42. The number of nitrogens with zero attached hydrogens (tertiary/aromatic N) is 5. The molecular formula is C28H30FN5O4. The lowest BCUT2D eigenvalue weighted by Crippen LogP contribution is -2.45. The quantitative estimate of drug-likeness (QED) is 0.394. The molecular weight excluding hydrogens is 489 g/mol. The van der Waals surface area contributed by atoms with E-state index in [4.69, 9.17) is 14.5 Å². The van der Waals surface area contributed by atoms with Crippen molar-refractivity contribution in [2.75, 3.05) is 0 Å². The van der Waals surface area contributed by atoms with Crippen LogP contribution in [0, 0.1) is 5.82 Å². The van der Waals surface area contributed by atoms with E-state index in [0.717, 1.165) is 28.5 Å². The highest BCUT2D eigenvalue weighted by Crippen LogP contribution is 2.33. The fourth-order valence-corrected chi connectivity index (χ4v) is 4.66. The zero-order chi connectivity index (χ0) is 27.2. The number of hydrogen-bond donors (Lipinski definition) is 0. The topological polar surface area (TPSA) is 91.5 Å². The summed E-state index contributed by atoms with van der Waals surface area (Å²) in [5, 5.41) is 0.937. The van der Waals surface area contributed by atoms with Gasteiger partial charge < -0.3 is 18.9 Å². The first-order valence-corrected chi connectivity index (χ1v) is 12.4. The molecule has 0 saturated heterocycles. The fourth-order valence-electron chi connectivity index (χ4n) is 4.66. The van der Waals surface area contributed by atoms with E-state index < -0.39 is 11.4 Å². The van der Waals surface area contributed by atoms with Crippen molar-refractivity contribution in [1.29, 1.82) is 0 Å². The van der Waals surface area contributed by atoms with Crippen LogP contribution < -0.4 is 10.3 Å². The summed E-state index contributed by atoms with van der Waals surface area (Å²) in [6, 6.07) is 9.60. The summed E-state index contributed by atoms with van der Waals surface area (Å²) in [4.78, 5) is 36.2. The number of hydrogen-bond acceptors (Lipinski definition) is 6. The number of aryl methyl sites for hydroxylation is 1. The Morgan fingerprint density at radius 1 is 1.18 bits per heavy atom. The van der Waals surface area contributed by atoms with E-state index in [1.807, 2.05) is 45.4 Å². The normalized spacial score (nSPS) is 15.4. The molecule has 5 heterocycles. The number of aromatic nitrogens is 4. The lowest BCUT2D eigenvalue weighted by Gasteiger charge is -2.35. The van der Waals surface area contributed by atoms with Crippen molar-refractivity contribution < 1.29 is 18.7 Å². The Labute approximate surface area is 219 Å². The summed E-state index contributed by atoms with van der Waals surface area (Å²) in [5.41, 5.74) is 2.57. The van der Waals surface area contributed by atoms with Gasteiger partial charge in [-0.1, -0.05) is 0 Å². The Morgan fingerprint density at radius 2 is 1.97 bits per heavy atom. The number of amides is 1. The molecule has 0 aromatic carbocycles. The van der Waals surface area contributed by atoms with Crippen molar-refractivity contribution >= 4 is 17.1 Å². The molecule has 1 unspecified atom stereocenters. The van der Waals surface area contributed by atoms with Gasteiger partial charge in [-0.25, -0.2) is 14.2 Å². The Bertz CT molecular complexity index is 1570. The summed E-state index contributed by atoms with van der Waals surface area (Å²) in [5.74, 6) is 0.433. The second-order valence-electron chi connectivity index (χ2n) is 10.5. The van der Waals surface area contributed by atoms with E-state index in [2.05, 4.69) is 4.98 Å². The number of pyridine rings is 3. The van der Waals surface area contributed by atoms with Gasteiger partial charge >= 0.3 is 6.09 Å². The first-order valence-electron chi connectivity index (χ1n) is 12.4. The predicted molar refractivity (Wildman–Crippen MR) is 140 cm³/mol. The molecule has 1 aliphatic heterocycles. The van der Waals surface area contributed by atoms with Gasteiger partial charge in [0.25, 0.3) is 5.56 Å². The van der Waals surface area contributed by atoms with Crippen LogP contribution in [0.1, 0.15) is 44.6 Å². The highest BCUT2D eigenvalue weighted by Gasteiger charge is 2.33. The highest BCUT2D eigenvalue weighted by atomic mass is 19.1. The second kappa shape index (κ2) is 9.59. The van der Waals surface area contributed by atoms with Gasteiger partial charge in [0.2, 0.25) is 0 Å². The van der Waals surface area contributed by atoms with Crippen LogP contribution in [0.3, 0.4) is 0 Å². The van der Waals surface area contributed by atoms with E-state index in [-0.39, 0.29) is 24.3 Å². The number of ether oxygens (including phenoxy) is 2. The van der Waals surface area contributed by atoms with E-state index in [1.54, 1.807) is 23.2 Å². The van der Waals surface area contributed by atoms with Crippen molar-refractivity contribution in [2.24, 2.45) is 7.05 Å². The van der Waals surface area contributed by atoms with Crippen LogP contribution in [0.4, 0.5) is 9.18 Å². The van der Waals surface area contributed by atoms with Crippen molar-refractivity contribution in [3.63, 3.8) is 0 Å². The Hall–Kier alpha value is -4.21. The standard InChI is InChI=1S/C28H30FN5O4/c1-17-12-23-22(15-34(17)27(36)38-28(2,3)4)21-8-9-24(31-26(21)32(23)5)33-11-10-20(13-25(33)35)37-16-19-7-6-18(29)14-30-19/h6-11,13-14,17H,12,15-16H2,1-5H3. The average molecular weight is 520 g/mol. The molecule has 4 aromatic rings. The number of fused-ring (bicyclic) bond motifs is 3. The molecule has 1 amide bonds. The van der Waals surface area contributed by atoms with Crippen molar-refractivity contribution in [2.45, 2.75) is 58.9 Å². The lowest BCUT2D eigenvalue weighted by molar-refractivity contribution is 0.0137. The van der Waals surface area contributed by atoms with Crippen LogP contribution in [0.5, 0.6) is 5.75 Å². The smallest absolute Gasteiger partial charge is 0.410 e. The summed E-state index contributed by atoms with van der Waals surface area (Å²) in [6.07, 6.45) is 3.07. The fraction of sp³-hybridized carbons (Fsp3) is 0.357. The molecule has 5 rings (SSSR count). The second-order valence-corrected chi connectivity index (χ2v) is 10.5. The summed E-state index contributed by atoms with van der Waals surface area (Å²) in [6.45, 7) is 8.13. The monoisotopic (exact) mass is 519 g/mol. The molecule has 0 aliphatic carbocycles. The molecule has 0 bridgehead atoms. The molecule has 0 fully saturated rings. The lowest BCUT2D eigenvalue weighted by atomic mass is 10.00. The third kappa shape index (κ3) is 4.98. The minimum Gasteiger partial charge on any atom is -0.487 e. The third-order valence-corrected chi connectivity index (χ3v) is 6.55. The maximum absolute atomic E-state index is 13.0. The predicted octanol–water partition coefficient (Wildman–Crippen LogP) is 4.52. The van der Waals surface area contributed by atoms with Gasteiger partial charge in [-0.3, -0.25) is 14.3 Å². The molecule has 9 nitrogen and oxygen atoms in total. The summed E-state index contributed by atoms with van der Waals surface area (Å²) < 4.78 is 27.8. The van der Waals surface area contributed by atoms with Crippen LogP contribution in [-0.4, -0.2) is 41.7 Å². The van der Waals surface area contributed by atoms with Gasteiger partial charge in [-0.15, -0.1) is 0 Å². The number of rotatable bonds is 4.